The molecular formula is C16H25NO3. The third-order valence-corrected chi connectivity index (χ3v) is 3.32. The molecule has 20 heavy (non-hydrogen) atoms. The molecule has 0 saturated heterocycles. The maximum atomic E-state index is 11.1. The Balaban J connectivity index is 2.71. The first-order valence-corrected chi connectivity index (χ1v) is 7.03. The van der Waals surface area contributed by atoms with Crippen molar-refractivity contribution < 1.29 is 14.3 Å². The number of benzene rings is 1. The van der Waals surface area contributed by atoms with Crippen molar-refractivity contribution in [3.63, 3.8) is 0 Å². The van der Waals surface area contributed by atoms with Crippen LogP contribution in [0, 0.1) is 13.8 Å². The molecule has 1 atom stereocenters. The minimum Gasteiger partial charge on any atom is -0.492 e. The van der Waals surface area contributed by atoms with Gasteiger partial charge >= 0.3 is 5.97 Å². The number of hydrogen-bond acceptors (Lipinski definition) is 4. The second-order valence-electron chi connectivity index (χ2n) is 5.11. The normalized spacial score (nSPS) is 12.1. The van der Waals surface area contributed by atoms with Crippen molar-refractivity contribution in [1.82, 2.24) is 0 Å². The van der Waals surface area contributed by atoms with Gasteiger partial charge in [-0.15, -0.1) is 0 Å². The van der Waals surface area contributed by atoms with E-state index in [0.717, 1.165) is 29.7 Å². The molecular weight excluding hydrogens is 254 g/mol. The number of hydrogen-bond donors (Lipinski definition) is 1. The van der Waals surface area contributed by atoms with Gasteiger partial charge in [0.1, 0.15) is 5.75 Å². The molecule has 0 saturated carbocycles. The van der Waals surface area contributed by atoms with E-state index in [1.54, 1.807) is 0 Å². The Bertz CT molecular complexity index is 434. The van der Waals surface area contributed by atoms with Crippen LogP contribution in [0.5, 0.6) is 5.75 Å². The van der Waals surface area contributed by atoms with Gasteiger partial charge in [-0.1, -0.05) is 19.1 Å². The Morgan fingerprint density at radius 1 is 1.30 bits per heavy atom. The van der Waals surface area contributed by atoms with Crippen LogP contribution in [0.2, 0.25) is 0 Å². The largest absolute Gasteiger partial charge is 0.492 e. The minimum absolute atomic E-state index is 0.194. The maximum absolute atomic E-state index is 11.1. The summed E-state index contributed by atoms with van der Waals surface area (Å²) in [6.45, 7) is 6.46. The number of ether oxygens (including phenoxy) is 2. The Morgan fingerprint density at radius 2 is 1.90 bits per heavy atom. The molecule has 0 aromatic heterocycles. The fourth-order valence-electron chi connectivity index (χ4n) is 2.17. The van der Waals surface area contributed by atoms with E-state index >= 15 is 0 Å². The summed E-state index contributed by atoms with van der Waals surface area (Å²) in [5.41, 5.74) is 9.37. The minimum atomic E-state index is -0.258. The third-order valence-electron chi connectivity index (χ3n) is 3.32. The standard InChI is InChI=1S/C16H25NO3/c1-5-14(17)10-13-8-11(2)16(12(3)9-13)20-7-6-15(18)19-4/h8-9,14H,5-7,10,17H2,1-4H3. The molecule has 0 bridgehead atoms. The van der Waals surface area contributed by atoms with Crippen LogP contribution in [-0.4, -0.2) is 25.7 Å². The Labute approximate surface area is 121 Å². The highest BCUT2D eigenvalue weighted by molar-refractivity contribution is 5.69. The molecule has 2 N–H and O–H groups in total. The molecule has 1 aromatic rings. The predicted octanol–water partition coefficient (Wildman–Crippen LogP) is 2.53. The van der Waals surface area contributed by atoms with Gasteiger partial charge < -0.3 is 15.2 Å². The summed E-state index contributed by atoms with van der Waals surface area (Å²) in [7, 11) is 1.38. The Kier molecular flexibility index (Phi) is 6.52. The van der Waals surface area contributed by atoms with Crippen molar-refractivity contribution in [3.05, 3.63) is 28.8 Å². The summed E-state index contributed by atoms with van der Waals surface area (Å²) >= 11 is 0. The van der Waals surface area contributed by atoms with Crippen molar-refractivity contribution in [2.45, 2.75) is 46.1 Å². The molecule has 4 heteroatoms. The van der Waals surface area contributed by atoms with Crippen LogP contribution in [0.3, 0.4) is 0 Å². The lowest BCUT2D eigenvalue weighted by molar-refractivity contribution is -0.141. The number of aryl methyl sites for hydroxylation is 2. The maximum Gasteiger partial charge on any atom is 0.308 e. The fraction of sp³-hybridized carbons (Fsp3) is 0.562. The number of methoxy groups -OCH3 is 1. The third kappa shape index (κ3) is 4.85. The summed E-state index contributed by atoms with van der Waals surface area (Å²) in [6, 6.07) is 4.41. The van der Waals surface area contributed by atoms with Crippen LogP contribution in [0.25, 0.3) is 0 Å². The summed E-state index contributed by atoms with van der Waals surface area (Å²) in [6.07, 6.45) is 2.11. The zero-order chi connectivity index (χ0) is 15.1. The van der Waals surface area contributed by atoms with E-state index < -0.39 is 0 Å². The number of nitrogens with two attached hydrogens (primary N) is 1. The molecule has 0 heterocycles. The molecule has 0 aliphatic rings. The summed E-state index contributed by atoms with van der Waals surface area (Å²) < 4.78 is 10.3. The number of esters is 1. The first kappa shape index (κ1) is 16.5. The average Bonchev–Trinajstić information content (AvgIpc) is 2.41. The van der Waals surface area contributed by atoms with Crippen molar-refractivity contribution in [2.24, 2.45) is 5.73 Å². The highest BCUT2D eigenvalue weighted by Crippen LogP contribution is 2.25. The lowest BCUT2D eigenvalue weighted by Crippen LogP contribution is -2.21. The SMILES string of the molecule is CCC(N)Cc1cc(C)c(OCCC(=O)OC)c(C)c1. The van der Waals surface area contributed by atoms with E-state index in [0.29, 0.717) is 6.61 Å². The Morgan fingerprint density at radius 3 is 2.40 bits per heavy atom. The summed E-state index contributed by atoms with van der Waals surface area (Å²) in [4.78, 5) is 11.1. The first-order valence-electron chi connectivity index (χ1n) is 7.03. The van der Waals surface area contributed by atoms with E-state index in [2.05, 4.69) is 23.8 Å². The molecule has 0 aliphatic heterocycles. The lowest BCUT2D eigenvalue weighted by atomic mass is 9.99. The molecule has 1 rings (SSSR count). The first-order chi connectivity index (χ1) is 9.47. The van der Waals surface area contributed by atoms with Crippen LogP contribution in [0.1, 0.15) is 36.5 Å². The molecule has 1 aromatic carbocycles. The lowest BCUT2D eigenvalue weighted by Gasteiger charge is -2.15. The van der Waals surface area contributed by atoms with Gasteiger partial charge in [-0.25, -0.2) is 0 Å². The van der Waals surface area contributed by atoms with Gasteiger partial charge in [-0.3, -0.25) is 4.79 Å². The van der Waals surface area contributed by atoms with Gasteiger partial charge in [-0.05, 0) is 43.4 Å². The highest BCUT2D eigenvalue weighted by atomic mass is 16.5. The molecule has 0 spiro atoms. The van der Waals surface area contributed by atoms with Crippen LogP contribution in [0.15, 0.2) is 12.1 Å². The monoisotopic (exact) mass is 279 g/mol. The molecule has 0 fully saturated rings. The van der Waals surface area contributed by atoms with Crippen molar-refractivity contribution in [1.29, 1.82) is 0 Å². The Hall–Kier alpha value is -1.55. The fourth-order valence-corrected chi connectivity index (χ4v) is 2.17. The van der Waals surface area contributed by atoms with Crippen LogP contribution >= 0.6 is 0 Å². The predicted molar refractivity (Wildman–Crippen MR) is 80.0 cm³/mol. The molecule has 0 aliphatic carbocycles. The van der Waals surface area contributed by atoms with E-state index in [9.17, 15) is 4.79 Å². The molecule has 4 nitrogen and oxygen atoms in total. The zero-order valence-corrected chi connectivity index (χ0v) is 12.9. The van der Waals surface area contributed by atoms with Gasteiger partial charge in [0.2, 0.25) is 0 Å². The topological polar surface area (TPSA) is 61.5 Å². The smallest absolute Gasteiger partial charge is 0.308 e. The summed E-state index contributed by atoms with van der Waals surface area (Å²) in [5.74, 6) is 0.591. The van der Waals surface area contributed by atoms with Gasteiger partial charge in [0.15, 0.2) is 0 Å². The number of carbonyl (C=O) groups is 1. The van der Waals surface area contributed by atoms with Crippen LogP contribution in [0.4, 0.5) is 0 Å². The number of rotatable bonds is 7. The van der Waals surface area contributed by atoms with E-state index in [-0.39, 0.29) is 18.4 Å². The molecule has 0 radical (unpaired) electrons. The van der Waals surface area contributed by atoms with Gasteiger partial charge in [0.05, 0.1) is 20.1 Å². The zero-order valence-electron chi connectivity index (χ0n) is 12.9. The second-order valence-corrected chi connectivity index (χ2v) is 5.11. The summed E-state index contributed by atoms with van der Waals surface area (Å²) in [5, 5.41) is 0. The second kappa shape index (κ2) is 7.90. The van der Waals surface area contributed by atoms with Crippen LogP contribution < -0.4 is 10.5 Å². The van der Waals surface area contributed by atoms with Crippen LogP contribution in [-0.2, 0) is 16.0 Å². The molecule has 1 unspecified atom stereocenters. The van der Waals surface area contributed by atoms with Crippen molar-refractivity contribution in [2.75, 3.05) is 13.7 Å². The van der Waals surface area contributed by atoms with E-state index in [4.69, 9.17) is 10.5 Å². The van der Waals surface area contributed by atoms with Gasteiger partial charge in [-0.2, -0.15) is 0 Å². The van der Waals surface area contributed by atoms with E-state index in [1.807, 2.05) is 13.8 Å². The van der Waals surface area contributed by atoms with Gasteiger partial charge in [0, 0.05) is 6.04 Å². The van der Waals surface area contributed by atoms with E-state index in [1.165, 1.54) is 12.7 Å². The van der Waals surface area contributed by atoms with Gasteiger partial charge in [0.25, 0.3) is 0 Å². The quantitative estimate of drug-likeness (QED) is 0.779. The van der Waals surface area contributed by atoms with Crippen molar-refractivity contribution in [3.8, 4) is 5.75 Å². The highest BCUT2D eigenvalue weighted by Gasteiger charge is 2.09. The number of carbonyl (C=O) groups excluding carboxylic acids is 1. The molecule has 112 valence electrons. The average molecular weight is 279 g/mol. The van der Waals surface area contributed by atoms with Crippen molar-refractivity contribution >= 4 is 5.97 Å². The molecule has 0 amide bonds.